The monoisotopic (exact) mass is 470 g/mol. The Morgan fingerprint density at radius 1 is 1.16 bits per heavy atom. The van der Waals surface area contributed by atoms with Crippen LogP contribution >= 0.6 is 23.2 Å². The van der Waals surface area contributed by atoms with Gasteiger partial charge in [0.1, 0.15) is 5.75 Å². The van der Waals surface area contributed by atoms with Gasteiger partial charge in [-0.15, -0.1) is 0 Å². The molecule has 0 aliphatic carbocycles. The molecular weight excluding hydrogens is 443 g/mol. The zero-order valence-corrected chi connectivity index (χ0v) is 19.9. The van der Waals surface area contributed by atoms with E-state index in [1.807, 2.05) is 36.4 Å². The number of hydrogen-bond acceptors (Lipinski definition) is 4. The van der Waals surface area contributed by atoms with E-state index in [1.54, 1.807) is 13.2 Å². The van der Waals surface area contributed by atoms with Gasteiger partial charge in [-0.2, -0.15) is 0 Å². The Balaban J connectivity index is 1.61. The van der Waals surface area contributed by atoms with E-state index in [0.29, 0.717) is 16.0 Å². The Bertz CT molecular complexity index is 1130. The molecule has 3 fully saturated rings. The molecule has 0 spiro atoms. The summed E-state index contributed by atoms with van der Waals surface area (Å²) in [6, 6.07) is 13.4. The van der Waals surface area contributed by atoms with Gasteiger partial charge in [0, 0.05) is 33.6 Å². The Labute approximate surface area is 199 Å². The minimum Gasteiger partial charge on any atom is -0.497 e. The number of methoxy groups -OCH3 is 1. The van der Waals surface area contributed by atoms with Crippen molar-refractivity contribution in [2.75, 3.05) is 20.2 Å². The third kappa shape index (κ3) is 3.99. The summed E-state index contributed by atoms with van der Waals surface area (Å²) in [5.41, 5.74) is 3.29. The molecule has 6 heteroatoms. The summed E-state index contributed by atoms with van der Waals surface area (Å²) in [6.07, 6.45) is 2.87. The quantitative estimate of drug-likeness (QED) is 0.470. The third-order valence-corrected chi connectivity index (χ3v) is 7.79. The van der Waals surface area contributed by atoms with E-state index < -0.39 is 6.10 Å². The number of nitrogens with zero attached hydrogens (tertiary/aromatic N) is 2. The Hall–Kier alpha value is -1.85. The number of aromatic nitrogens is 1. The van der Waals surface area contributed by atoms with Crippen molar-refractivity contribution < 1.29 is 9.84 Å². The van der Waals surface area contributed by atoms with Crippen LogP contribution in [-0.2, 0) is 0 Å². The number of fused-ring (bicyclic) bond motifs is 4. The van der Waals surface area contributed by atoms with E-state index in [1.165, 1.54) is 12.8 Å². The second-order valence-corrected chi connectivity index (χ2v) is 9.97. The molecule has 6 rings (SSSR count). The Morgan fingerprint density at radius 2 is 1.94 bits per heavy atom. The number of ether oxygens (including phenoxy) is 1. The fourth-order valence-corrected chi connectivity index (χ4v) is 6.16. The maximum absolute atomic E-state index is 11.7. The molecule has 32 heavy (non-hydrogen) atoms. The van der Waals surface area contributed by atoms with E-state index >= 15 is 0 Å². The normalized spacial score (nSPS) is 25.8. The molecule has 1 N–H and O–H groups in total. The SMILES string of the molecule is CC[C@H]1CN2CC[C@@H]1CC2[C@H](O)c1cc(-c2cc(Cl)cc(Cl)c2)nc2ccc(OC)cc12. The van der Waals surface area contributed by atoms with Crippen LogP contribution in [0.15, 0.2) is 42.5 Å². The van der Waals surface area contributed by atoms with Gasteiger partial charge in [-0.05, 0) is 79.3 Å². The van der Waals surface area contributed by atoms with Crippen molar-refractivity contribution in [3.05, 3.63) is 58.1 Å². The molecule has 3 aromatic rings. The van der Waals surface area contributed by atoms with Crippen molar-refractivity contribution in [3.8, 4) is 17.0 Å². The average Bonchev–Trinajstić information content (AvgIpc) is 2.82. The first-order valence-corrected chi connectivity index (χ1v) is 12.1. The third-order valence-electron chi connectivity index (χ3n) is 7.35. The predicted molar refractivity (Wildman–Crippen MR) is 131 cm³/mol. The van der Waals surface area contributed by atoms with Gasteiger partial charge >= 0.3 is 0 Å². The molecule has 3 aliphatic rings. The number of aliphatic hydroxyl groups is 1. The number of hydrogen-bond donors (Lipinski definition) is 1. The minimum atomic E-state index is -0.610. The van der Waals surface area contributed by atoms with Crippen molar-refractivity contribution in [2.45, 2.75) is 38.3 Å². The lowest BCUT2D eigenvalue weighted by molar-refractivity contribution is -0.0562. The molecule has 168 valence electrons. The van der Waals surface area contributed by atoms with E-state index in [4.69, 9.17) is 32.9 Å². The molecule has 5 atom stereocenters. The first kappa shape index (κ1) is 22.0. The zero-order valence-electron chi connectivity index (χ0n) is 18.4. The van der Waals surface area contributed by atoms with Gasteiger partial charge in [-0.1, -0.05) is 36.5 Å². The molecule has 3 saturated heterocycles. The van der Waals surface area contributed by atoms with Gasteiger partial charge in [0.15, 0.2) is 0 Å². The predicted octanol–water partition coefficient (Wildman–Crippen LogP) is 6.37. The van der Waals surface area contributed by atoms with Crippen LogP contribution in [0.25, 0.3) is 22.2 Å². The average molecular weight is 471 g/mol. The molecular formula is C26H28Cl2N2O2. The largest absolute Gasteiger partial charge is 0.497 e. The molecule has 4 heterocycles. The number of pyridine rings is 1. The summed E-state index contributed by atoms with van der Waals surface area (Å²) < 4.78 is 5.47. The molecule has 4 nitrogen and oxygen atoms in total. The fourth-order valence-electron chi connectivity index (χ4n) is 5.63. The lowest BCUT2D eigenvalue weighted by Gasteiger charge is -2.51. The molecule has 2 aromatic carbocycles. The standard InChI is InChI=1S/C26H28Cl2N2O2/c1-3-15-14-30-7-6-16(15)10-25(30)26(31)22-13-24(17-8-18(27)11-19(28)9-17)29-23-5-4-20(32-2)12-21(22)23/h4-5,8-9,11-13,15-16,25-26,31H,3,6-7,10,14H2,1-2H3/t15-,16+,25?,26+/m0/s1. The number of aliphatic hydroxyl groups excluding tert-OH is 1. The van der Waals surface area contributed by atoms with Crippen LogP contribution in [0, 0.1) is 11.8 Å². The first-order valence-electron chi connectivity index (χ1n) is 11.3. The van der Waals surface area contributed by atoms with Gasteiger partial charge in [-0.3, -0.25) is 4.90 Å². The van der Waals surface area contributed by atoms with Crippen LogP contribution in [0.3, 0.4) is 0 Å². The van der Waals surface area contributed by atoms with E-state index in [-0.39, 0.29) is 6.04 Å². The number of rotatable bonds is 5. The van der Waals surface area contributed by atoms with E-state index in [2.05, 4.69) is 11.8 Å². The van der Waals surface area contributed by atoms with Gasteiger partial charge in [-0.25, -0.2) is 4.98 Å². The minimum absolute atomic E-state index is 0.115. The summed E-state index contributed by atoms with van der Waals surface area (Å²) in [7, 11) is 1.66. The smallest absolute Gasteiger partial charge is 0.119 e. The maximum atomic E-state index is 11.7. The maximum Gasteiger partial charge on any atom is 0.119 e. The van der Waals surface area contributed by atoms with E-state index in [0.717, 1.165) is 58.9 Å². The summed E-state index contributed by atoms with van der Waals surface area (Å²) in [5.74, 6) is 2.19. The molecule has 0 radical (unpaired) electrons. The Morgan fingerprint density at radius 3 is 2.59 bits per heavy atom. The van der Waals surface area contributed by atoms with Crippen LogP contribution in [0.5, 0.6) is 5.75 Å². The van der Waals surface area contributed by atoms with Crippen molar-refractivity contribution in [1.82, 2.24) is 9.88 Å². The van der Waals surface area contributed by atoms with Crippen molar-refractivity contribution in [3.63, 3.8) is 0 Å². The second-order valence-electron chi connectivity index (χ2n) is 9.10. The highest BCUT2D eigenvalue weighted by atomic mass is 35.5. The molecule has 0 amide bonds. The number of piperidine rings is 3. The highest BCUT2D eigenvalue weighted by Gasteiger charge is 2.42. The first-order chi connectivity index (χ1) is 15.5. The zero-order chi connectivity index (χ0) is 22.4. The van der Waals surface area contributed by atoms with Gasteiger partial charge in [0.25, 0.3) is 0 Å². The second kappa shape index (κ2) is 8.83. The molecule has 1 aromatic heterocycles. The fraction of sp³-hybridized carbons (Fsp3) is 0.423. The summed E-state index contributed by atoms with van der Waals surface area (Å²) in [6.45, 7) is 4.42. The van der Waals surface area contributed by atoms with Crippen LogP contribution in [0.1, 0.15) is 37.9 Å². The van der Waals surface area contributed by atoms with Crippen molar-refractivity contribution >= 4 is 34.1 Å². The lowest BCUT2D eigenvalue weighted by atomic mass is 9.72. The molecule has 2 unspecified atom stereocenters. The molecule has 2 bridgehead atoms. The van der Waals surface area contributed by atoms with Crippen LogP contribution < -0.4 is 4.74 Å². The summed E-state index contributed by atoms with van der Waals surface area (Å²) in [5, 5.41) is 13.8. The number of halogens is 2. The molecule has 3 aliphatic heterocycles. The number of benzene rings is 2. The van der Waals surface area contributed by atoms with Gasteiger partial charge in [0.2, 0.25) is 0 Å². The highest BCUT2D eigenvalue weighted by molar-refractivity contribution is 6.35. The summed E-state index contributed by atoms with van der Waals surface area (Å²) >= 11 is 12.5. The molecule has 0 saturated carbocycles. The highest BCUT2D eigenvalue weighted by Crippen LogP contribution is 2.43. The Kier molecular flexibility index (Phi) is 6.06. The van der Waals surface area contributed by atoms with Crippen LogP contribution in [0.2, 0.25) is 10.0 Å². The summed E-state index contributed by atoms with van der Waals surface area (Å²) in [4.78, 5) is 7.35. The van der Waals surface area contributed by atoms with Gasteiger partial charge in [0.05, 0.1) is 24.4 Å². The topological polar surface area (TPSA) is 45.6 Å². The lowest BCUT2D eigenvalue weighted by Crippen LogP contribution is -2.55. The van der Waals surface area contributed by atoms with Crippen LogP contribution in [-0.4, -0.2) is 41.2 Å². The van der Waals surface area contributed by atoms with Crippen molar-refractivity contribution in [2.24, 2.45) is 11.8 Å². The van der Waals surface area contributed by atoms with Gasteiger partial charge < -0.3 is 9.84 Å². The van der Waals surface area contributed by atoms with Crippen LogP contribution in [0.4, 0.5) is 0 Å². The van der Waals surface area contributed by atoms with E-state index in [9.17, 15) is 5.11 Å². The van der Waals surface area contributed by atoms with Crippen molar-refractivity contribution in [1.29, 1.82) is 0 Å².